The van der Waals surface area contributed by atoms with Crippen molar-refractivity contribution in [2.24, 2.45) is 0 Å². The van der Waals surface area contributed by atoms with Gasteiger partial charge in [0.1, 0.15) is 0 Å². The highest BCUT2D eigenvalue weighted by molar-refractivity contribution is 6.06. The number of esters is 1. The highest BCUT2D eigenvalue weighted by Gasteiger charge is 2.38. The second-order valence-electron chi connectivity index (χ2n) is 8.19. The van der Waals surface area contributed by atoms with Crippen molar-refractivity contribution < 1.29 is 9.53 Å². The first-order valence-electron chi connectivity index (χ1n) is 10.7. The van der Waals surface area contributed by atoms with E-state index in [1.807, 2.05) is 61.5 Å². The van der Waals surface area contributed by atoms with E-state index < -0.39 is 5.60 Å². The molecule has 0 aromatic heterocycles. The first-order valence-corrected chi connectivity index (χ1v) is 10.7. The third-order valence-electron chi connectivity index (χ3n) is 6.42. The molecule has 0 saturated carbocycles. The predicted molar refractivity (Wildman–Crippen MR) is 126 cm³/mol. The van der Waals surface area contributed by atoms with Crippen molar-refractivity contribution in [2.45, 2.75) is 25.4 Å². The summed E-state index contributed by atoms with van der Waals surface area (Å²) in [6.07, 6.45) is 3.67. The summed E-state index contributed by atoms with van der Waals surface area (Å²) in [5.74, 6) is -0.319. The third kappa shape index (κ3) is 3.16. The van der Waals surface area contributed by atoms with E-state index in [1.54, 1.807) is 0 Å². The van der Waals surface area contributed by atoms with Gasteiger partial charge in [0, 0.05) is 11.1 Å². The Labute approximate surface area is 182 Å². The fourth-order valence-electron chi connectivity index (χ4n) is 4.86. The van der Waals surface area contributed by atoms with E-state index in [-0.39, 0.29) is 5.97 Å². The van der Waals surface area contributed by atoms with Gasteiger partial charge in [-0.15, -0.1) is 0 Å². The largest absolute Gasteiger partial charge is 0.446 e. The average Bonchev–Trinajstić information content (AvgIpc) is 2.93. The Hall–Kier alpha value is -3.65. The number of hydrogen-bond donors (Lipinski definition) is 0. The lowest BCUT2D eigenvalue weighted by Crippen LogP contribution is -2.32. The van der Waals surface area contributed by atoms with Crippen LogP contribution < -0.4 is 0 Å². The molecule has 152 valence electrons. The molecule has 0 N–H and O–H groups in total. The summed E-state index contributed by atoms with van der Waals surface area (Å²) in [6.45, 7) is 5.93. The molecule has 0 heterocycles. The van der Waals surface area contributed by atoms with Crippen molar-refractivity contribution in [1.29, 1.82) is 0 Å². The van der Waals surface area contributed by atoms with E-state index in [0.29, 0.717) is 5.56 Å². The van der Waals surface area contributed by atoms with Crippen LogP contribution in [0.3, 0.4) is 0 Å². The van der Waals surface area contributed by atoms with Gasteiger partial charge in [-0.3, -0.25) is 0 Å². The maximum atomic E-state index is 13.6. The smallest absolute Gasteiger partial charge is 0.339 e. The van der Waals surface area contributed by atoms with E-state index in [1.165, 1.54) is 11.1 Å². The lowest BCUT2D eigenvalue weighted by atomic mass is 9.84. The second kappa shape index (κ2) is 7.55. The number of ether oxygens (including phenoxy) is 1. The van der Waals surface area contributed by atoms with Crippen molar-refractivity contribution in [3.63, 3.8) is 0 Å². The lowest BCUT2D eigenvalue weighted by molar-refractivity contribution is 0.00620. The molecule has 4 aromatic rings. The minimum atomic E-state index is -0.862. The number of fused-ring (bicyclic) bond motifs is 3. The molecular formula is C29H24O2. The minimum absolute atomic E-state index is 0.319. The lowest BCUT2D eigenvalue weighted by Gasteiger charge is -2.32. The molecule has 0 saturated heterocycles. The molecule has 0 fully saturated rings. The highest BCUT2D eigenvalue weighted by atomic mass is 16.6. The van der Waals surface area contributed by atoms with Crippen LogP contribution >= 0.6 is 0 Å². The fraction of sp³-hybridized carbons (Fsp3) is 0.138. The van der Waals surface area contributed by atoms with Gasteiger partial charge in [0.15, 0.2) is 5.60 Å². The average molecular weight is 405 g/mol. The summed E-state index contributed by atoms with van der Waals surface area (Å²) in [4.78, 5) is 13.6. The first-order chi connectivity index (χ1) is 15.1. The number of hydrogen-bond acceptors (Lipinski definition) is 2. The van der Waals surface area contributed by atoms with Crippen LogP contribution in [-0.2, 0) is 23.2 Å². The third-order valence-corrected chi connectivity index (χ3v) is 6.42. The van der Waals surface area contributed by atoms with Crippen molar-refractivity contribution in [3.05, 3.63) is 125 Å². The molecule has 0 radical (unpaired) electrons. The van der Waals surface area contributed by atoms with Gasteiger partial charge in [0.2, 0.25) is 0 Å². The van der Waals surface area contributed by atoms with Gasteiger partial charge in [0.05, 0.1) is 5.56 Å². The van der Waals surface area contributed by atoms with Gasteiger partial charge >= 0.3 is 5.97 Å². The molecule has 1 aliphatic rings. The molecule has 0 unspecified atom stereocenters. The topological polar surface area (TPSA) is 26.3 Å². The molecular weight excluding hydrogens is 380 g/mol. The SMILES string of the molecule is C=Cc1cccc2c(C(=O)OC3(C)c4ccccc4CCc4ccccc43)cccc12. The molecule has 5 rings (SSSR count). The Kier molecular flexibility index (Phi) is 4.71. The monoisotopic (exact) mass is 404 g/mol. The summed E-state index contributed by atoms with van der Waals surface area (Å²) < 4.78 is 6.41. The van der Waals surface area contributed by atoms with Gasteiger partial charge in [-0.1, -0.05) is 91.5 Å². The Bertz CT molecular complexity index is 1270. The first kappa shape index (κ1) is 19.3. The molecule has 0 bridgehead atoms. The van der Waals surface area contributed by atoms with Crippen LogP contribution in [0.2, 0.25) is 0 Å². The van der Waals surface area contributed by atoms with Crippen LogP contribution in [0.4, 0.5) is 0 Å². The number of rotatable bonds is 3. The highest BCUT2D eigenvalue weighted by Crippen LogP contribution is 2.41. The number of benzene rings is 4. The molecule has 2 heteroatoms. The van der Waals surface area contributed by atoms with Crippen molar-refractivity contribution >= 4 is 22.8 Å². The van der Waals surface area contributed by atoms with Crippen molar-refractivity contribution in [2.75, 3.05) is 0 Å². The summed E-state index contributed by atoms with van der Waals surface area (Å²) in [5, 5.41) is 1.88. The molecule has 2 nitrogen and oxygen atoms in total. The Balaban J connectivity index is 1.66. The zero-order valence-electron chi connectivity index (χ0n) is 17.6. The number of aryl methyl sites for hydroxylation is 2. The van der Waals surface area contributed by atoms with E-state index in [9.17, 15) is 4.79 Å². The zero-order chi connectivity index (χ0) is 21.4. The fourth-order valence-corrected chi connectivity index (χ4v) is 4.86. The Morgan fingerprint density at radius 2 is 1.39 bits per heavy atom. The maximum Gasteiger partial charge on any atom is 0.339 e. The standard InChI is InChI=1S/C29H24O2/c1-3-20-12-8-14-24-23(20)13-9-15-25(24)28(30)31-29(2)26-16-6-4-10-21(26)18-19-22-11-5-7-17-27(22)29/h3-17H,1,18-19H2,2H3. The van der Waals surface area contributed by atoms with Crippen molar-refractivity contribution in [3.8, 4) is 0 Å². The van der Waals surface area contributed by atoms with Crippen LogP contribution in [0.1, 0.15) is 45.1 Å². The van der Waals surface area contributed by atoms with Crippen molar-refractivity contribution in [1.82, 2.24) is 0 Å². The zero-order valence-corrected chi connectivity index (χ0v) is 17.6. The quantitative estimate of drug-likeness (QED) is 0.355. The van der Waals surface area contributed by atoms with Crippen LogP contribution in [-0.4, -0.2) is 5.97 Å². The molecule has 0 amide bonds. The van der Waals surface area contributed by atoms with Gasteiger partial charge in [-0.2, -0.15) is 0 Å². The second-order valence-corrected chi connectivity index (χ2v) is 8.19. The van der Waals surface area contributed by atoms with Gasteiger partial charge in [0.25, 0.3) is 0 Å². The number of carbonyl (C=O) groups is 1. The van der Waals surface area contributed by atoms with Crippen LogP contribution in [0, 0.1) is 0 Å². The van der Waals surface area contributed by atoms with E-state index in [0.717, 1.165) is 40.3 Å². The van der Waals surface area contributed by atoms with Gasteiger partial charge < -0.3 is 4.74 Å². The summed E-state index contributed by atoms with van der Waals surface area (Å²) in [6, 6.07) is 28.3. The Morgan fingerprint density at radius 1 is 0.806 bits per heavy atom. The molecule has 0 aliphatic heterocycles. The van der Waals surface area contributed by atoms with Gasteiger partial charge in [-0.05, 0) is 53.3 Å². The maximum absolute atomic E-state index is 13.6. The van der Waals surface area contributed by atoms with E-state index in [4.69, 9.17) is 4.74 Å². The molecule has 31 heavy (non-hydrogen) atoms. The Morgan fingerprint density at radius 3 is 2.03 bits per heavy atom. The van der Waals surface area contributed by atoms with E-state index in [2.05, 4.69) is 43.0 Å². The molecule has 0 spiro atoms. The normalized spacial score (nSPS) is 14.2. The van der Waals surface area contributed by atoms with Crippen LogP contribution in [0.25, 0.3) is 16.8 Å². The minimum Gasteiger partial charge on any atom is -0.446 e. The van der Waals surface area contributed by atoms with Gasteiger partial charge in [-0.25, -0.2) is 4.79 Å². The molecule has 4 aromatic carbocycles. The molecule has 0 atom stereocenters. The van der Waals surface area contributed by atoms with Crippen LogP contribution in [0.5, 0.6) is 0 Å². The molecule has 1 aliphatic carbocycles. The summed E-state index contributed by atoms with van der Waals surface area (Å²) in [5.41, 5.74) is 5.27. The number of carbonyl (C=O) groups excluding carboxylic acids is 1. The summed E-state index contributed by atoms with van der Waals surface area (Å²) in [7, 11) is 0. The summed E-state index contributed by atoms with van der Waals surface area (Å²) >= 11 is 0. The van der Waals surface area contributed by atoms with Crippen LogP contribution in [0.15, 0.2) is 91.5 Å². The predicted octanol–water partition coefficient (Wildman–Crippen LogP) is 6.70. The van der Waals surface area contributed by atoms with E-state index >= 15 is 0 Å².